The molecule has 1 fully saturated rings. The maximum absolute atomic E-state index is 11.7. The molecule has 2 atom stereocenters. The van der Waals surface area contributed by atoms with Gasteiger partial charge in [-0.05, 0) is 43.0 Å². The van der Waals surface area contributed by atoms with Crippen molar-refractivity contribution in [1.29, 1.82) is 0 Å². The highest BCUT2D eigenvalue weighted by atomic mass is 35.5. The summed E-state index contributed by atoms with van der Waals surface area (Å²) in [7, 11) is -2.88. The molecule has 0 radical (unpaired) electrons. The smallest absolute Gasteiger partial charge is 0.150 e. The summed E-state index contributed by atoms with van der Waals surface area (Å²) >= 11 is 12.4. The first-order valence-corrected chi connectivity index (χ1v) is 9.37. The Bertz CT molecular complexity index is 554. The van der Waals surface area contributed by atoms with Gasteiger partial charge in [-0.3, -0.25) is 0 Å². The number of halogens is 2. The molecule has 1 aliphatic rings. The fraction of sp³-hybridized carbons (Fsp3) is 0.571. The van der Waals surface area contributed by atoms with Gasteiger partial charge < -0.3 is 5.32 Å². The zero-order valence-corrected chi connectivity index (χ0v) is 13.7. The molecular weight excluding hydrogens is 317 g/mol. The first kappa shape index (κ1) is 16.1. The Labute approximate surface area is 130 Å². The second-order valence-electron chi connectivity index (χ2n) is 5.23. The number of likely N-dealkylation sites (N-methyl/N-ethyl adjacent to an activating group) is 1. The summed E-state index contributed by atoms with van der Waals surface area (Å²) in [5.41, 5.74) is 0.895. The maximum Gasteiger partial charge on any atom is 0.150 e. The van der Waals surface area contributed by atoms with Crippen LogP contribution in [0.2, 0.25) is 10.0 Å². The number of benzene rings is 1. The first-order chi connectivity index (χ1) is 9.43. The van der Waals surface area contributed by atoms with Gasteiger partial charge in [-0.25, -0.2) is 8.42 Å². The predicted molar refractivity (Wildman–Crippen MR) is 84.4 cm³/mol. The molecule has 2 unspecified atom stereocenters. The highest BCUT2D eigenvalue weighted by Gasteiger charge is 2.33. The number of hydrogen-bond donors (Lipinski definition) is 1. The van der Waals surface area contributed by atoms with Gasteiger partial charge in [-0.1, -0.05) is 36.2 Å². The van der Waals surface area contributed by atoms with Crippen molar-refractivity contribution in [3.05, 3.63) is 33.8 Å². The van der Waals surface area contributed by atoms with Crippen molar-refractivity contribution in [3.63, 3.8) is 0 Å². The van der Waals surface area contributed by atoms with Crippen molar-refractivity contribution in [2.45, 2.75) is 25.8 Å². The third kappa shape index (κ3) is 3.88. The van der Waals surface area contributed by atoms with E-state index in [9.17, 15) is 8.42 Å². The lowest BCUT2D eigenvalue weighted by Gasteiger charge is -2.24. The van der Waals surface area contributed by atoms with Crippen molar-refractivity contribution in [2.24, 2.45) is 5.92 Å². The van der Waals surface area contributed by atoms with E-state index in [-0.39, 0.29) is 23.5 Å². The summed E-state index contributed by atoms with van der Waals surface area (Å²) in [5.74, 6) is 0.676. The minimum absolute atomic E-state index is 0.0923. The van der Waals surface area contributed by atoms with E-state index in [0.717, 1.165) is 12.1 Å². The normalized spacial score (nSPS) is 22.9. The van der Waals surface area contributed by atoms with Crippen LogP contribution in [0.1, 0.15) is 18.9 Å². The zero-order valence-electron chi connectivity index (χ0n) is 11.4. The van der Waals surface area contributed by atoms with E-state index in [1.807, 2.05) is 25.1 Å². The Morgan fingerprint density at radius 1 is 1.35 bits per heavy atom. The molecule has 0 aliphatic carbocycles. The lowest BCUT2D eigenvalue weighted by Crippen LogP contribution is -2.38. The van der Waals surface area contributed by atoms with E-state index in [0.29, 0.717) is 22.9 Å². The van der Waals surface area contributed by atoms with E-state index in [1.165, 1.54) is 0 Å². The Kier molecular flexibility index (Phi) is 5.35. The van der Waals surface area contributed by atoms with Crippen LogP contribution >= 0.6 is 23.2 Å². The molecule has 20 heavy (non-hydrogen) atoms. The topological polar surface area (TPSA) is 46.2 Å². The minimum atomic E-state index is -2.88. The number of hydrogen-bond acceptors (Lipinski definition) is 3. The highest BCUT2D eigenvalue weighted by molar-refractivity contribution is 7.91. The Balaban J connectivity index is 2.18. The van der Waals surface area contributed by atoms with Crippen molar-refractivity contribution in [2.75, 3.05) is 18.1 Å². The molecule has 0 bridgehead atoms. The van der Waals surface area contributed by atoms with Crippen molar-refractivity contribution >= 4 is 33.0 Å². The Morgan fingerprint density at radius 3 is 2.50 bits per heavy atom. The number of sulfone groups is 1. The van der Waals surface area contributed by atoms with Crippen molar-refractivity contribution < 1.29 is 8.42 Å². The zero-order chi connectivity index (χ0) is 14.8. The molecule has 0 aromatic heterocycles. The van der Waals surface area contributed by atoms with E-state index in [1.54, 1.807) is 0 Å². The first-order valence-electron chi connectivity index (χ1n) is 6.79. The van der Waals surface area contributed by atoms with Crippen LogP contribution < -0.4 is 5.32 Å². The van der Waals surface area contributed by atoms with Gasteiger partial charge in [-0.15, -0.1) is 0 Å². The average Bonchev–Trinajstić information content (AvgIpc) is 2.73. The molecular formula is C14H19Cl2NO2S. The summed E-state index contributed by atoms with van der Waals surface area (Å²) < 4.78 is 23.3. The number of nitrogens with one attached hydrogen (secondary N) is 1. The molecule has 1 aromatic rings. The molecule has 6 heteroatoms. The van der Waals surface area contributed by atoms with Crippen LogP contribution in [0.15, 0.2) is 18.2 Å². The SMILES string of the molecule is CCNC(Cc1c(Cl)cccc1Cl)C1CCS(=O)(=O)C1. The molecule has 1 aliphatic heterocycles. The van der Waals surface area contributed by atoms with E-state index in [2.05, 4.69) is 5.32 Å². The third-order valence-corrected chi connectivity index (χ3v) is 6.29. The average molecular weight is 336 g/mol. The Morgan fingerprint density at radius 2 is 2.00 bits per heavy atom. The van der Waals surface area contributed by atoms with E-state index in [4.69, 9.17) is 23.2 Å². The summed E-state index contributed by atoms with van der Waals surface area (Å²) in [6.07, 6.45) is 1.37. The van der Waals surface area contributed by atoms with Crippen molar-refractivity contribution in [3.8, 4) is 0 Å². The molecule has 112 valence electrons. The summed E-state index contributed by atoms with van der Waals surface area (Å²) in [6, 6.07) is 5.54. The fourth-order valence-electron chi connectivity index (χ4n) is 2.76. The fourth-order valence-corrected chi connectivity index (χ4v) is 5.19. The lowest BCUT2D eigenvalue weighted by atomic mass is 9.93. The van der Waals surface area contributed by atoms with Gasteiger partial charge in [0, 0.05) is 16.1 Å². The van der Waals surface area contributed by atoms with Gasteiger partial charge in [0.25, 0.3) is 0 Å². The standard InChI is InChI=1S/C14H19Cl2NO2S/c1-2-17-14(10-6-7-20(18,19)9-10)8-11-12(15)4-3-5-13(11)16/h3-5,10,14,17H,2,6-9H2,1H3. The van der Waals surface area contributed by atoms with Gasteiger partial charge in [0.1, 0.15) is 0 Å². The molecule has 1 aromatic carbocycles. The van der Waals surface area contributed by atoms with Gasteiger partial charge >= 0.3 is 0 Å². The van der Waals surface area contributed by atoms with E-state index < -0.39 is 9.84 Å². The van der Waals surface area contributed by atoms with Crippen LogP contribution in [-0.2, 0) is 16.3 Å². The molecule has 0 spiro atoms. The van der Waals surface area contributed by atoms with Gasteiger partial charge in [-0.2, -0.15) is 0 Å². The van der Waals surface area contributed by atoms with Crippen LogP contribution in [0.5, 0.6) is 0 Å². The van der Waals surface area contributed by atoms with Crippen LogP contribution in [-0.4, -0.2) is 32.5 Å². The number of rotatable bonds is 5. The van der Waals surface area contributed by atoms with E-state index >= 15 is 0 Å². The predicted octanol–water partition coefficient (Wildman–Crippen LogP) is 2.95. The Hall–Kier alpha value is -0.290. The van der Waals surface area contributed by atoms with Gasteiger partial charge in [0.2, 0.25) is 0 Å². The largest absolute Gasteiger partial charge is 0.314 e. The summed E-state index contributed by atoms with van der Waals surface area (Å²) in [6.45, 7) is 2.81. The second kappa shape index (κ2) is 6.65. The molecule has 3 nitrogen and oxygen atoms in total. The lowest BCUT2D eigenvalue weighted by molar-refractivity contribution is 0.386. The third-order valence-electron chi connectivity index (χ3n) is 3.79. The van der Waals surface area contributed by atoms with Gasteiger partial charge in [0.15, 0.2) is 9.84 Å². The second-order valence-corrected chi connectivity index (χ2v) is 8.27. The van der Waals surface area contributed by atoms with Crippen LogP contribution in [0.3, 0.4) is 0 Å². The minimum Gasteiger partial charge on any atom is -0.314 e. The molecule has 1 heterocycles. The molecule has 2 rings (SSSR count). The van der Waals surface area contributed by atoms with Crippen LogP contribution in [0.25, 0.3) is 0 Å². The molecule has 1 saturated heterocycles. The molecule has 0 saturated carbocycles. The van der Waals surface area contributed by atoms with Crippen molar-refractivity contribution in [1.82, 2.24) is 5.32 Å². The highest BCUT2D eigenvalue weighted by Crippen LogP contribution is 2.29. The maximum atomic E-state index is 11.7. The molecule has 1 N–H and O–H groups in total. The summed E-state index contributed by atoms with van der Waals surface area (Å²) in [4.78, 5) is 0. The quantitative estimate of drug-likeness (QED) is 0.899. The molecule has 0 amide bonds. The monoisotopic (exact) mass is 335 g/mol. The summed E-state index contributed by atoms with van der Waals surface area (Å²) in [5, 5.41) is 4.66. The van der Waals surface area contributed by atoms with Crippen LogP contribution in [0.4, 0.5) is 0 Å². The van der Waals surface area contributed by atoms with Crippen LogP contribution in [0, 0.1) is 5.92 Å². The van der Waals surface area contributed by atoms with Gasteiger partial charge in [0.05, 0.1) is 11.5 Å².